The average Bonchev–Trinajstić information content (AvgIpc) is 2.80. The van der Waals surface area contributed by atoms with Crippen LogP contribution in [0.25, 0.3) is 32.9 Å². The summed E-state index contributed by atoms with van der Waals surface area (Å²) in [7, 11) is 2.01. The second kappa shape index (κ2) is 7.97. The highest BCUT2D eigenvalue weighted by molar-refractivity contribution is 9.10. The Morgan fingerprint density at radius 2 is 1.19 bits per heavy atom. The number of fused-ring (bicyclic) bond motifs is 2. The maximum Gasteiger partial charge on any atom is 0.345 e. The van der Waals surface area contributed by atoms with Crippen molar-refractivity contribution in [3.63, 3.8) is 0 Å². The summed E-state index contributed by atoms with van der Waals surface area (Å²) < 4.78 is 8.96. The van der Waals surface area contributed by atoms with Gasteiger partial charge >= 0.3 is 5.97 Å². The molecule has 0 saturated carbocycles. The Hall–Kier alpha value is -3.50. The molecular weight excluding hydrogens is 450 g/mol. The number of para-hydroxylation sites is 2. The standard InChI is InChI=1S/C27H19BrNO2/c1-29-24-8-4-2-6-22(24)26(23-7-3-5-9-25(23)29)27(30)31-21-16-12-19(13-17-21)18-10-14-20(28)15-11-18/h2-17H,1H3/q+1. The van der Waals surface area contributed by atoms with Gasteiger partial charge in [0.15, 0.2) is 0 Å². The number of hydrogen-bond donors (Lipinski definition) is 0. The SMILES string of the molecule is C[n+]1c2ccccc2c(C(=O)Oc2ccc(-c3ccc(Br)cc3)cc2)c2ccccc21. The highest BCUT2D eigenvalue weighted by Gasteiger charge is 2.23. The molecule has 4 heteroatoms. The highest BCUT2D eigenvalue weighted by Crippen LogP contribution is 2.28. The van der Waals surface area contributed by atoms with Gasteiger partial charge in [-0.25, -0.2) is 4.79 Å². The monoisotopic (exact) mass is 468 g/mol. The largest absolute Gasteiger partial charge is 0.423 e. The van der Waals surface area contributed by atoms with Crippen molar-refractivity contribution in [3.8, 4) is 16.9 Å². The molecule has 31 heavy (non-hydrogen) atoms. The molecule has 0 fully saturated rings. The first-order valence-electron chi connectivity index (χ1n) is 9.99. The summed E-state index contributed by atoms with van der Waals surface area (Å²) in [5, 5.41) is 1.75. The van der Waals surface area contributed by atoms with E-state index in [1.807, 2.05) is 104 Å². The summed E-state index contributed by atoms with van der Waals surface area (Å²) in [4.78, 5) is 13.3. The van der Waals surface area contributed by atoms with E-state index in [2.05, 4.69) is 20.5 Å². The number of benzene rings is 4. The molecule has 0 bridgehead atoms. The summed E-state index contributed by atoms with van der Waals surface area (Å²) in [6, 6.07) is 31.5. The minimum atomic E-state index is -0.357. The highest BCUT2D eigenvalue weighted by atomic mass is 79.9. The minimum Gasteiger partial charge on any atom is -0.423 e. The molecule has 0 aliphatic rings. The first kappa shape index (κ1) is 19.5. The average molecular weight is 469 g/mol. The topological polar surface area (TPSA) is 30.2 Å². The zero-order chi connectivity index (χ0) is 21.4. The third kappa shape index (κ3) is 3.60. The third-order valence-electron chi connectivity index (χ3n) is 5.52. The Morgan fingerprint density at radius 1 is 0.710 bits per heavy atom. The second-order valence-corrected chi connectivity index (χ2v) is 8.30. The van der Waals surface area contributed by atoms with Crippen LogP contribution in [0.5, 0.6) is 5.75 Å². The Labute approximate surface area is 188 Å². The van der Waals surface area contributed by atoms with Crippen molar-refractivity contribution in [3.05, 3.63) is 107 Å². The fraction of sp³-hybridized carbons (Fsp3) is 0.0370. The number of pyridine rings is 1. The number of nitrogens with zero attached hydrogens (tertiary/aromatic N) is 1. The van der Waals surface area contributed by atoms with Gasteiger partial charge < -0.3 is 4.74 Å². The maximum atomic E-state index is 13.3. The van der Waals surface area contributed by atoms with Gasteiger partial charge in [0.05, 0.1) is 16.3 Å². The van der Waals surface area contributed by atoms with Crippen molar-refractivity contribution in [1.82, 2.24) is 0 Å². The summed E-state index contributed by atoms with van der Waals surface area (Å²) in [6.07, 6.45) is 0. The van der Waals surface area contributed by atoms with Crippen LogP contribution in [0.15, 0.2) is 102 Å². The number of carbonyl (C=O) groups excluding carboxylic acids is 1. The van der Waals surface area contributed by atoms with E-state index in [0.29, 0.717) is 11.3 Å². The van der Waals surface area contributed by atoms with Crippen molar-refractivity contribution < 1.29 is 14.1 Å². The number of hydrogen-bond acceptors (Lipinski definition) is 2. The van der Waals surface area contributed by atoms with E-state index >= 15 is 0 Å². The van der Waals surface area contributed by atoms with Crippen LogP contribution in [-0.2, 0) is 7.05 Å². The molecule has 5 aromatic rings. The lowest BCUT2D eigenvalue weighted by atomic mass is 10.0. The van der Waals surface area contributed by atoms with Crippen molar-refractivity contribution in [1.29, 1.82) is 0 Å². The molecule has 1 aromatic heterocycles. The van der Waals surface area contributed by atoms with Gasteiger partial charge in [-0.3, -0.25) is 0 Å². The Balaban J connectivity index is 1.53. The molecule has 1 heterocycles. The Kier molecular flexibility index (Phi) is 5.00. The summed E-state index contributed by atoms with van der Waals surface area (Å²) in [6.45, 7) is 0. The molecule has 0 saturated heterocycles. The predicted octanol–water partition coefficient (Wildman–Crippen LogP) is 6.47. The van der Waals surface area contributed by atoms with Crippen molar-refractivity contribution in [2.75, 3.05) is 0 Å². The molecular formula is C27H19BrNO2+. The second-order valence-electron chi connectivity index (χ2n) is 7.39. The van der Waals surface area contributed by atoms with E-state index in [9.17, 15) is 4.79 Å². The molecule has 0 N–H and O–H groups in total. The van der Waals surface area contributed by atoms with Crippen molar-refractivity contribution in [2.45, 2.75) is 0 Å². The fourth-order valence-electron chi connectivity index (χ4n) is 3.97. The molecule has 0 radical (unpaired) electrons. The van der Waals surface area contributed by atoms with Gasteiger partial charge in [-0.2, -0.15) is 4.57 Å². The Bertz CT molecular complexity index is 1370. The first-order valence-corrected chi connectivity index (χ1v) is 10.8. The van der Waals surface area contributed by atoms with E-state index in [0.717, 1.165) is 37.4 Å². The predicted molar refractivity (Wildman–Crippen MR) is 127 cm³/mol. The van der Waals surface area contributed by atoms with Crippen LogP contribution in [0.2, 0.25) is 0 Å². The molecule has 0 aliphatic heterocycles. The Morgan fingerprint density at radius 3 is 1.74 bits per heavy atom. The van der Waals surface area contributed by atoms with Crippen LogP contribution in [0, 0.1) is 0 Å². The van der Waals surface area contributed by atoms with Gasteiger partial charge in [0, 0.05) is 16.6 Å². The van der Waals surface area contributed by atoms with Crippen LogP contribution in [0.4, 0.5) is 0 Å². The van der Waals surface area contributed by atoms with Crippen molar-refractivity contribution in [2.24, 2.45) is 7.05 Å². The van der Waals surface area contributed by atoms with Gasteiger partial charge in [0.2, 0.25) is 11.0 Å². The summed E-state index contributed by atoms with van der Waals surface area (Å²) >= 11 is 3.46. The van der Waals surface area contributed by atoms with Gasteiger partial charge in [0.25, 0.3) is 0 Å². The van der Waals surface area contributed by atoms with Gasteiger partial charge in [0.1, 0.15) is 12.8 Å². The van der Waals surface area contributed by atoms with Gasteiger partial charge in [-0.05, 0) is 47.5 Å². The number of ether oxygens (including phenoxy) is 1. The van der Waals surface area contributed by atoms with E-state index in [-0.39, 0.29) is 5.97 Å². The quantitative estimate of drug-likeness (QED) is 0.131. The summed E-state index contributed by atoms with van der Waals surface area (Å²) in [5.41, 5.74) is 4.72. The molecule has 0 unspecified atom stereocenters. The van der Waals surface area contributed by atoms with Gasteiger partial charge in [-0.15, -0.1) is 0 Å². The van der Waals surface area contributed by atoms with Crippen LogP contribution in [0.3, 0.4) is 0 Å². The van der Waals surface area contributed by atoms with E-state index < -0.39 is 0 Å². The normalized spacial score (nSPS) is 11.0. The van der Waals surface area contributed by atoms with E-state index in [1.165, 1.54) is 0 Å². The molecule has 150 valence electrons. The minimum absolute atomic E-state index is 0.357. The third-order valence-corrected chi connectivity index (χ3v) is 6.04. The molecule has 4 aromatic carbocycles. The maximum absolute atomic E-state index is 13.3. The molecule has 5 rings (SSSR count). The fourth-order valence-corrected chi connectivity index (χ4v) is 4.23. The molecule has 0 amide bonds. The molecule has 0 atom stereocenters. The zero-order valence-corrected chi connectivity index (χ0v) is 18.5. The number of aryl methyl sites for hydroxylation is 1. The number of halogens is 1. The zero-order valence-electron chi connectivity index (χ0n) is 16.9. The lowest BCUT2D eigenvalue weighted by molar-refractivity contribution is -0.617. The van der Waals surface area contributed by atoms with E-state index in [4.69, 9.17) is 4.74 Å². The number of aromatic nitrogens is 1. The summed E-state index contributed by atoms with van der Waals surface area (Å²) in [5.74, 6) is 0.164. The first-order chi connectivity index (χ1) is 15.1. The van der Waals surface area contributed by atoms with Crippen LogP contribution in [-0.4, -0.2) is 5.97 Å². The molecule has 3 nitrogen and oxygen atoms in total. The lowest BCUT2D eigenvalue weighted by Gasteiger charge is -2.10. The molecule has 0 aliphatic carbocycles. The van der Waals surface area contributed by atoms with Crippen LogP contribution < -0.4 is 9.30 Å². The van der Waals surface area contributed by atoms with Gasteiger partial charge in [-0.1, -0.05) is 64.5 Å². The van der Waals surface area contributed by atoms with Crippen LogP contribution in [0.1, 0.15) is 10.4 Å². The van der Waals surface area contributed by atoms with Crippen LogP contribution >= 0.6 is 15.9 Å². The number of esters is 1. The number of rotatable bonds is 3. The van der Waals surface area contributed by atoms with E-state index in [1.54, 1.807) is 0 Å². The molecule has 0 spiro atoms. The smallest absolute Gasteiger partial charge is 0.345 e. The van der Waals surface area contributed by atoms with Crippen molar-refractivity contribution >= 4 is 43.7 Å². The lowest BCUT2D eigenvalue weighted by Crippen LogP contribution is -2.31. The number of carbonyl (C=O) groups is 1.